The molecule has 0 saturated carbocycles. The normalized spacial score (nSPS) is 16.8. The zero-order valence-corrected chi connectivity index (χ0v) is 13.4. The molecule has 0 aliphatic carbocycles. The van der Waals surface area contributed by atoms with Crippen LogP contribution in [0.4, 0.5) is 0 Å². The minimum atomic E-state index is 0. The number of hydrogen-bond acceptors (Lipinski definition) is 3. The number of aryl methyl sites for hydroxylation is 1. The fourth-order valence-corrected chi connectivity index (χ4v) is 2.83. The second-order valence-corrected chi connectivity index (χ2v) is 5.44. The van der Waals surface area contributed by atoms with E-state index in [0.29, 0.717) is 0 Å². The van der Waals surface area contributed by atoms with Gasteiger partial charge in [-0.25, -0.2) is 0 Å². The molecule has 2 N–H and O–H groups in total. The van der Waals surface area contributed by atoms with Gasteiger partial charge in [-0.05, 0) is 68.1 Å². The topological polar surface area (TPSA) is 38.5 Å². The summed E-state index contributed by atoms with van der Waals surface area (Å²) >= 11 is 0. The van der Waals surface area contributed by atoms with Gasteiger partial charge in [-0.15, -0.1) is 12.4 Å². The van der Waals surface area contributed by atoms with Crippen LogP contribution in [0.3, 0.4) is 0 Å². The number of ether oxygens (including phenoxy) is 1. The molecule has 0 aromatic heterocycles. The molecule has 1 fully saturated rings. The maximum Gasteiger partial charge on any atom is 0.119 e. The number of nitrogens with two attached hydrogens (primary N) is 1. The summed E-state index contributed by atoms with van der Waals surface area (Å²) in [6.45, 7) is 6.47. The van der Waals surface area contributed by atoms with Gasteiger partial charge in [0.05, 0.1) is 7.11 Å². The van der Waals surface area contributed by atoms with E-state index in [1.807, 2.05) is 0 Å². The molecule has 0 atom stereocenters. The molecule has 0 unspecified atom stereocenters. The maximum atomic E-state index is 5.75. The fourth-order valence-electron chi connectivity index (χ4n) is 2.83. The first kappa shape index (κ1) is 17.3. The van der Waals surface area contributed by atoms with E-state index in [1.165, 1.54) is 37.1 Å². The van der Waals surface area contributed by atoms with Crippen molar-refractivity contribution in [2.24, 2.45) is 11.7 Å². The van der Waals surface area contributed by atoms with Crippen molar-refractivity contribution in [2.75, 3.05) is 26.7 Å². The lowest BCUT2D eigenvalue weighted by Gasteiger charge is -2.31. The Kier molecular flexibility index (Phi) is 7.35. The standard InChI is InChI=1S/C16H26N2O.ClH/c1-3-14-10-16(19-2)5-4-15(14)12-18-8-6-13(11-17)7-9-18;/h4-5,10,13H,3,6-9,11-12,17H2,1-2H3;1H. The van der Waals surface area contributed by atoms with Gasteiger partial charge in [-0.2, -0.15) is 0 Å². The molecular weight excluding hydrogens is 272 g/mol. The van der Waals surface area contributed by atoms with Crippen LogP contribution in [0.15, 0.2) is 18.2 Å². The van der Waals surface area contributed by atoms with Crippen LogP contribution < -0.4 is 10.5 Å². The van der Waals surface area contributed by atoms with E-state index in [9.17, 15) is 0 Å². The highest BCUT2D eigenvalue weighted by Gasteiger charge is 2.18. The Bertz CT molecular complexity index is 403. The van der Waals surface area contributed by atoms with Crippen LogP contribution in [0, 0.1) is 5.92 Å². The van der Waals surface area contributed by atoms with Gasteiger partial charge in [0.15, 0.2) is 0 Å². The molecule has 1 aromatic rings. The summed E-state index contributed by atoms with van der Waals surface area (Å²) in [4.78, 5) is 2.55. The van der Waals surface area contributed by atoms with Crippen molar-refractivity contribution < 1.29 is 4.74 Å². The maximum absolute atomic E-state index is 5.75. The highest BCUT2D eigenvalue weighted by Crippen LogP contribution is 2.22. The lowest BCUT2D eigenvalue weighted by atomic mass is 9.96. The number of piperidine rings is 1. The van der Waals surface area contributed by atoms with E-state index in [2.05, 4.69) is 30.0 Å². The lowest BCUT2D eigenvalue weighted by Crippen LogP contribution is -2.35. The molecule has 4 heteroatoms. The van der Waals surface area contributed by atoms with Gasteiger partial charge in [-0.3, -0.25) is 4.90 Å². The molecule has 1 aromatic carbocycles. The predicted molar refractivity (Wildman–Crippen MR) is 86.7 cm³/mol. The van der Waals surface area contributed by atoms with E-state index < -0.39 is 0 Å². The monoisotopic (exact) mass is 298 g/mol. The van der Waals surface area contributed by atoms with E-state index in [1.54, 1.807) is 7.11 Å². The Labute approximate surface area is 128 Å². The number of hydrogen-bond donors (Lipinski definition) is 1. The highest BCUT2D eigenvalue weighted by molar-refractivity contribution is 5.85. The Hall–Kier alpha value is -0.770. The third-order valence-electron chi connectivity index (χ3n) is 4.23. The van der Waals surface area contributed by atoms with Crippen LogP contribution >= 0.6 is 12.4 Å². The van der Waals surface area contributed by atoms with Gasteiger partial charge in [0.25, 0.3) is 0 Å². The molecule has 20 heavy (non-hydrogen) atoms. The SMILES string of the molecule is CCc1cc(OC)ccc1CN1CCC(CN)CC1.Cl. The Morgan fingerprint density at radius 1 is 1.25 bits per heavy atom. The Morgan fingerprint density at radius 3 is 2.50 bits per heavy atom. The van der Waals surface area contributed by atoms with E-state index >= 15 is 0 Å². The molecule has 1 aliphatic heterocycles. The fraction of sp³-hybridized carbons (Fsp3) is 0.625. The third kappa shape index (κ3) is 4.37. The minimum absolute atomic E-state index is 0. The van der Waals surface area contributed by atoms with Crippen molar-refractivity contribution in [3.8, 4) is 5.75 Å². The molecule has 1 aliphatic rings. The van der Waals surface area contributed by atoms with Crippen LogP contribution in [0.5, 0.6) is 5.75 Å². The zero-order chi connectivity index (χ0) is 13.7. The number of halogens is 1. The summed E-state index contributed by atoms with van der Waals surface area (Å²) in [6, 6.07) is 6.45. The van der Waals surface area contributed by atoms with E-state index in [-0.39, 0.29) is 12.4 Å². The molecule has 1 heterocycles. The van der Waals surface area contributed by atoms with Crippen molar-refractivity contribution >= 4 is 12.4 Å². The summed E-state index contributed by atoms with van der Waals surface area (Å²) in [7, 11) is 1.73. The molecule has 114 valence electrons. The molecule has 0 bridgehead atoms. The van der Waals surface area contributed by atoms with Crippen LogP contribution in [0.25, 0.3) is 0 Å². The average molecular weight is 299 g/mol. The number of nitrogens with zero attached hydrogens (tertiary/aromatic N) is 1. The average Bonchev–Trinajstić information content (AvgIpc) is 2.48. The second kappa shape index (κ2) is 8.50. The predicted octanol–water partition coefficient (Wildman–Crippen LogP) is 2.85. The first-order chi connectivity index (χ1) is 9.26. The molecule has 2 rings (SSSR count). The first-order valence-corrected chi connectivity index (χ1v) is 7.35. The van der Waals surface area contributed by atoms with Gasteiger partial charge >= 0.3 is 0 Å². The summed E-state index contributed by atoms with van der Waals surface area (Å²) < 4.78 is 5.30. The largest absolute Gasteiger partial charge is 0.497 e. The Balaban J connectivity index is 0.00000200. The number of likely N-dealkylation sites (tertiary alicyclic amines) is 1. The number of rotatable bonds is 5. The van der Waals surface area contributed by atoms with Crippen LogP contribution in [0.1, 0.15) is 30.9 Å². The van der Waals surface area contributed by atoms with Crippen LogP contribution in [-0.4, -0.2) is 31.6 Å². The molecule has 0 amide bonds. The Morgan fingerprint density at radius 2 is 1.95 bits per heavy atom. The quantitative estimate of drug-likeness (QED) is 0.908. The number of benzene rings is 1. The summed E-state index contributed by atoms with van der Waals surface area (Å²) in [6.07, 6.45) is 3.55. The second-order valence-electron chi connectivity index (χ2n) is 5.44. The highest BCUT2D eigenvalue weighted by atomic mass is 35.5. The van der Waals surface area contributed by atoms with E-state index in [4.69, 9.17) is 10.5 Å². The first-order valence-electron chi connectivity index (χ1n) is 7.35. The van der Waals surface area contributed by atoms with E-state index in [0.717, 1.165) is 31.2 Å². The lowest BCUT2D eigenvalue weighted by molar-refractivity contribution is 0.180. The van der Waals surface area contributed by atoms with Crippen molar-refractivity contribution in [2.45, 2.75) is 32.7 Å². The summed E-state index contributed by atoms with van der Waals surface area (Å²) in [5, 5.41) is 0. The van der Waals surface area contributed by atoms with Gasteiger partial charge in [0.2, 0.25) is 0 Å². The molecule has 3 nitrogen and oxygen atoms in total. The van der Waals surface area contributed by atoms with Crippen molar-refractivity contribution in [3.63, 3.8) is 0 Å². The van der Waals surface area contributed by atoms with Crippen molar-refractivity contribution in [1.82, 2.24) is 4.90 Å². The molecule has 1 saturated heterocycles. The van der Waals surface area contributed by atoms with Gasteiger partial charge < -0.3 is 10.5 Å². The molecule has 0 spiro atoms. The van der Waals surface area contributed by atoms with Gasteiger partial charge in [-0.1, -0.05) is 13.0 Å². The van der Waals surface area contributed by atoms with Crippen LogP contribution in [-0.2, 0) is 13.0 Å². The third-order valence-corrected chi connectivity index (χ3v) is 4.23. The smallest absolute Gasteiger partial charge is 0.119 e. The van der Waals surface area contributed by atoms with Gasteiger partial charge in [0, 0.05) is 6.54 Å². The summed E-state index contributed by atoms with van der Waals surface area (Å²) in [5.74, 6) is 1.69. The minimum Gasteiger partial charge on any atom is -0.497 e. The van der Waals surface area contributed by atoms with Gasteiger partial charge in [0.1, 0.15) is 5.75 Å². The van der Waals surface area contributed by atoms with Crippen molar-refractivity contribution in [3.05, 3.63) is 29.3 Å². The summed E-state index contributed by atoms with van der Waals surface area (Å²) in [5.41, 5.74) is 8.59. The zero-order valence-electron chi connectivity index (χ0n) is 12.6. The molecule has 0 radical (unpaired) electrons. The molecular formula is C16H27ClN2O. The van der Waals surface area contributed by atoms with Crippen molar-refractivity contribution in [1.29, 1.82) is 0 Å². The number of methoxy groups -OCH3 is 1. The van der Waals surface area contributed by atoms with Crippen LogP contribution in [0.2, 0.25) is 0 Å².